The van der Waals surface area contributed by atoms with Crippen LogP contribution in [0.2, 0.25) is 0 Å². The van der Waals surface area contributed by atoms with E-state index >= 15 is 0 Å². The molecule has 2 nitrogen and oxygen atoms in total. The van der Waals surface area contributed by atoms with Crippen molar-refractivity contribution in [1.82, 2.24) is 10.2 Å². The van der Waals surface area contributed by atoms with Crippen molar-refractivity contribution in [2.45, 2.75) is 44.4 Å². The normalized spacial score (nSPS) is 24.2. The van der Waals surface area contributed by atoms with Gasteiger partial charge in [0, 0.05) is 31.7 Å². The van der Waals surface area contributed by atoms with Gasteiger partial charge in [-0.1, -0.05) is 43.7 Å². The van der Waals surface area contributed by atoms with Crippen LogP contribution < -0.4 is 5.32 Å². The maximum absolute atomic E-state index is 12.5. The number of hydrogen-bond donors (Lipinski definition) is 1. The summed E-state index contributed by atoms with van der Waals surface area (Å²) in [6, 6.07) is 10.3. The molecular formula is C16H23F3N2. The fourth-order valence-electron chi connectivity index (χ4n) is 2.93. The molecule has 1 aliphatic rings. The number of nitrogens with zero attached hydrogens (tertiary/aromatic N) is 1. The third kappa shape index (κ3) is 5.00. The number of rotatable bonds is 5. The zero-order valence-electron chi connectivity index (χ0n) is 12.4. The molecule has 0 amide bonds. The van der Waals surface area contributed by atoms with E-state index in [0.29, 0.717) is 6.54 Å². The second-order valence-corrected chi connectivity index (χ2v) is 5.67. The predicted octanol–water partition coefficient (Wildman–Crippen LogP) is 3.75. The summed E-state index contributed by atoms with van der Waals surface area (Å²) in [5, 5.41) is 3.47. The molecule has 0 bridgehead atoms. The second kappa shape index (κ2) is 7.27. The van der Waals surface area contributed by atoms with Crippen molar-refractivity contribution in [2.24, 2.45) is 0 Å². The van der Waals surface area contributed by atoms with Gasteiger partial charge >= 0.3 is 6.18 Å². The van der Waals surface area contributed by atoms with Gasteiger partial charge in [-0.3, -0.25) is 4.90 Å². The Labute approximate surface area is 124 Å². The third-order valence-electron chi connectivity index (χ3n) is 4.04. The van der Waals surface area contributed by atoms with E-state index in [1.165, 1.54) is 0 Å². The van der Waals surface area contributed by atoms with Crippen LogP contribution in [-0.4, -0.2) is 36.8 Å². The summed E-state index contributed by atoms with van der Waals surface area (Å²) < 4.78 is 37.5. The summed E-state index contributed by atoms with van der Waals surface area (Å²) in [5.74, 6) is 0. The minimum atomic E-state index is -4.08. The molecule has 0 radical (unpaired) electrons. The van der Waals surface area contributed by atoms with Crippen molar-refractivity contribution in [3.8, 4) is 0 Å². The van der Waals surface area contributed by atoms with Crippen molar-refractivity contribution in [3.05, 3.63) is 35.9 Å². The summed E-state index contributed by atoms with van der Waals surface area (Å²) in [5.41, 5.74) is 1.14. The van der Waals surface area contributed by atoms with Gasteiger partial charge in [-0.2, -0.15) is 13.2 Å². The van der Waals surface area contributed by atoms with Crippen LogP contribution in [0.4, 0.5) is 13.2 Å². The third-order valence-corrected chi connectivity index (χ3v) is 4.04. The Balaban J connectivity index is 2.01. The van der Waals surface area contributed by atoms with Gasteiger partial charge in [0.25, 0.3) is 0 Å². The van der Waals surface area contributed by atoms with E-state index in [2.05, 4.69) is 12.2 Å². The SMILES string of the molecule is CCCC1CNC(c2ccccc2)CN1CCC(F)(F)F. The van der Waals surface area contributed by atoms with Gasteiger partial charge in [-0.15, -0.1) is 0 Å². The number of hydrogen-bond acceptors (Lipinski definition) is 2. The highest BCUT2D eigenvalue weighted by molar-refractivity contribution is 5.20. The maximum atomic E-state index is 12.5. The number of nitrogens with one attached hydrogen (secondary N) is 1. The Kier molecular flexibility index (Phi) is 5.65. The largest absolute Gasteiger partial charge is 0.390 e. The van der Waals surface area contributed by atoms with Crippen molar-refractivity contribution in [3.63, 3.8) is 0 Å². The Morgan fingerprint density at radius 3 is 2.57 bits per heavy atom. The Morgan fingerprint density at radius 1 is 1.24 bits per heavy atom. The first-order chi connectivity index (χ1) is 9.99. The smallest absolute Gasteiger partial charge is 0.307 e. The summed E-state index contributed by atoms with van der Waals surface area (Å²) in [7, 11) is 0. The summed E-state index contributed by atoms with van der Waals surface area (Å²) in [6.07, 6.45) is -2.88. The predicted molar refractivity (Wildman–Crippen MR) is 78.1 cm³/mol. The van der Waals surface area contributed by atoms with Crippen LogP contribution in [0.15, 0.2) is 30.3 Å². The van der Waals surface area contributed by atoms with Gasteiger partial charge in [0.15, 0.2) is 0 Å². The van der Waals surface area contributed by atoms with Crippen molar-refractivity contribution < 1.29 is 13.2 Å². The Morgan fingerprint density at radius 2 is 1.95 bits per heavy atom. The highest BCUT2D eigenvalue weighted by Gasteiger charge is 2.32. The van der Waals surface area contributed by atoms with Crippen LogP contribution in [-0.2, 0) is 0 Å². The maximum Gasteiger partial charge on any atom is 0.390 e. The lowest BCUT2D eigenvalue weighted by Gasteiger charge is -2.41. The fraction of sp³-hybridized carbons (Fsp3) is 0.625. The molecule has 0 aliphatic carbocycles. The molecule has 0 aromatic heterocycles. The molecule has 2 rings (SSSR count). The monoisotopic (exact) mass is 300 g/mol. The van der Waals surface area contributed by atoms with Gasteiger partial charge in [-0.05, 0) is 12.0 Å². The number of piperazine rings is 1. The summed E-state index contributed by atoms with van der Waals surface area (Å²) >= 11 is 0. The first-order valence-electron chi connectivity index (χ1n) is 7.58. The lowest BCUT2D eigenvalue weighted by atomic mass is 9.99. The molecule has 1 heterocycles. The molecule has 21 heavy (non-hydrogen) atoms. The molecule has 1 fully saturated rings. The number of alkyl halides is 3. The summed E-state index contributed by atoms with van der Waals surface area (Å²) in [4.78, 5) is 2.01. The zero-order valence-corrected chi connectivity index (χ0v) is 12.4. The van der Waals surface area contributed by atoms with E-state index in [9.17, 15) is 13.2 Å². The van der Waals surface area contributed by atoms with Crippen molar-refractivity contribution in [1.29, 1.82) is 0 Å². The van der Waals surface area contributed by atoms with Gasteiger partial charge in [0.1, 0.15) is 0 Å². The Bertz CT molecular complexity index is 419. The van der Waals surface area contributed by atoms with Crippen molar-refractivity contribution >= 4 is 0 Å². The molecule has 1 aromatic rings. The second-order valence-electron chi connectivity index (χ2n) is 5.67. The molecule has 118 valence electrons. The average Bonchev–Trinajstić information content (AvgIpc) is 2.46. The molecule has 0 saturated carbocycles. The minimum Gasteiger partial charge on any atom is -0.307 e. The van der Waals surface area contributed by atoms with E-state index in [-0.39, 0.29) is 18.6 Å². The van der Waals surface area contributed by atoms with Gasteiger partial charge < -0.3 is 5.32 Å². The van der Waals surface area contributed by atoms with Crippen LogP contribution in [0.3, 0.4) is 0 Å². The van der Waals surface area contributed by atoms with E-state index in [4.69, 9.17) is 0 Å². The fourth-order valence-corrected chi connectivity index (χ4v) is 2.93. The first kappa shape index (κ1) is 16.3. The topological polar surface area (TPSA) is 15.3 Å². The molecule has 1 N–H and O–H groups in total. The van der Waals surface area contributed by atoms with Crippen LogP contribution in [0, 0.1) is 0 Å². The quantitative estimate of drug-likeness (QED) is 0.891. The van der Waals surface area contributed by atoms with Crippen LogP contribution in [0.25, 0.3) is 0 Å². The molecule has 2 atom stereocenters. The molecule has 0 spiro atoms. The van der Waals surface area contributed by atoms with E-state index in [1.54, 1.807) is 0 Å². The standard InChI is InChI=1S/C16H23F3N2/c1-2-6-14-11-20-15(13-7-4-3-5-8-13)12-21(14)10-9-16(17,18)19/h3-5,7-8,14-15,20H,2,6,9-12H2,1H3. The van der Waals surface area contributed by atoms with Gasteiger partial charge in [-0.25, -0.2) is 0 Å². The van der Waals surface area contributed by atoms with E-state index in [0.717, 1.165) is 24.9 Å². The summed E-state index contributed by atoms with van der Waals surface area (Å²) in [6.45, 7) is 3.57. The van der Waals surface area contributed by atoms with Crippen LogP contribution in [0.5, 0.6) is 0 Å². The lowest BCUT2D eigenvalue weighted by Crippen LogP contribution is -2.53. The molecule has 1 saturated heterocycles. The zero-order chi connectivity index (χ0) is 15.3. The Hall–Kier alpha value is -1.07. The average molecular weight is 300 g/mol. The molecule has 5 heteroatoms. The highest BCUT2D eigenvalue weighted by atomic mass is 19.4. The van der Waals surface area contributed by atoms with E-state index < -0.39 is 12.6 Å². The molecular weight excluding hydrogens is 277 g/mol. The first-order valence-corrected chi connectivity index (χ1v) is 7.58. The van der Waals surface area contributed by atoms with E-state index in [1.807, 2.05) is 35.2 Å². The van der Waals surface area contributed by atoms with Crippen LogP contribution >= 0.6 is 0 Å². The number of benzene rings is 1. The van der Waals surface area contributed by atoms with Crippen LogP contribution in [0.1, 0.15) is 37.8 Å². The highest BCUT2D eigenvalue weighted by Crippen LogP contribution is 2.25. The van der Waals surface area contributed by atoms with Crippen molar-refractivity contribution in [2.75, 3.05) is 19.6 Å². The lowest BCUT2D eigenvalue weighted by molar-refractivity contribution is -0.140. The minimum absolute atomic E-state index is 0.0964. The van der Waals surface area contributed by atoms with Gasteiger partial charge in [0.05, 0.1) is 6.42 Å². The molecule has 1 aliphatic heterocycles. The van der Waals surface area contributed by atoms with Gasteiger partial charge in [0.2, 0.25) is 0 Å². The molecule has 2 unspecified atom stereocenters. The molecule has 1 aromatic carbocycles. The number of halogens is 3.